The second kappa shape index (κ2) is 3.81. The van der Waals surface area contributed by atoms with Crippen molar-refractivity contribution in [1.82, 2.24) is 0 Å². The molecular weight excluding hydrogens is 193 g/mol. The van der Waals surface area contributed by atoms with Crippen LogP contribution in [0.1, 0.15) is 18.9 Å². The molecule has 0 saturated heterocycles. The molecule has 0 bridgehead atoms. The third kappa shape index (κ3) is 1.84. The topological polar surface area (TPSA) is 23.5 Å². The van der Waals surface area contributed by atoms with Crippen molar-refractivity contribution < 1.29 is 9.50 Å². The van der Waals surface area contributed by atoms with Crippen molar-refractivity contribution in [2.24, 2.45) is 0 Å². The number of fused-ring (bicyclic) bond motifs is 1. The molecule has 0 amide bonds. The number of aliphatic hydroxyl groups is 1. The molecule has 1 aliphatic heterocycles. The average molecular weight is 209 g/mol. The van der Waals surface area contributed by atoms with Crippen LogP contribution in [-0.2, 0) is 6.42 Å². The molecule has 0 aromatic heterocycles. The number of likely N-dealkylation sites (N-methyl/N-ethyl adjacent to an activating group) is 1. The van der Waals surface area contributed by atoms with Crippen molar-refractivity contribution >= 4 is 5.69 Å². The van der Waals surface area contributed by atoms with Gasteiger partial charge >= 0.3 is 0 Å². The molecule has 82 valence electrons. The van der Waals surface area contributed by atoms with E-state index in [0.29, 0.717) is 12.8 Å². The van der Waals surface area contributed by atoms with E-state index in [4.69, 9.17) is 0 Å². The summed E-state index contributed by atoms with van der Waals surface area (Å²) >= 11 is 0. The molecule has 2 unspecified atom stereocenters. The first-order valence-electron chi connectivity index (χ1n) is 5.28. The maximum Gasteiger partial charge on any atom is 0.128 e. The van der Waals surface area contributed by atoms with Crippen LogP contribution < -0.4 is 4.90 Å². The molecule has 0 radical (unpaired) electrons. The monoisotopic (exact) mass is 209 g/mol. The third-order valence-electron chi connectivity index (χ3n) is 3.07. The SMILES string of the molecule is CC(O)CC1Cc2c(F)cccc2N1C. The lowest BCUT2D eigenvalue weighted by Crippen LogP contribution is -2.30. The summed E-state index contributed by atoms with van der Waals surface area (Å²) in [5, 5.41) is 9.36. The molecule has 2 nitrogen and oxygen atoms in total. The molecule has 0 aliphatic carbocycles. The van der Waals surface area contributed by atoms with Gasteiger partial charge in [-0.2, -0.15) is 0 Å². The van der Waals surface area contributed by atoms with Crippen molar-refractivity contribution in [3.8, 4) is 0 Å². The van der Waals surface area contributed by atoms with E-state index in [1.165, 1.54) is 6.07 Å². The number of hydrogen-bond acceptors (Lipinski definition) is 2. The van der Waals surface area contributed by atoms with Crippen LogP contribution in [0.5, 0.6) is 0 Å². The Bertz CT molecular complexity index is 365. The largest absolute Gasteiger partial charge is 0.393 e. The molecule has 0 saturated carbocycles. The molecule has 0 fully saturated rings. The Morgan fingerprint density at radius 2 is 2.33 bits per heavy atom. The van der Waals surface area contributed by atoms with Crippen LogP contribution in [0.2, 0.25) is 0 Å². The summed E-state index contributed by atoms with van der Waals surface area (Å²) < 4.78 is 13.5. The molecule has 15 heavy (non-hydrogen) atoms. The van der Waals surface area contributed by atoms with E-state index >= 15 is 0 Å². The van der Waals surface area contributed by atoms with Gasteiger partial charge in [0.05, 0.1) is 6.10 Å². The van der Waals surface area contributed by atoms with Crippen molar-refractivity contribution in [2.45, 2.75) is 31.9 Å². The minimum atomic E-state index is -0.338. The van der Waals surface area contributed by atoms with Crippen molar-refractivity contribution in [3.05, 3.63) is 29.6 Å². The van der Waals surface area contributed by atoms with E-state index < -0.39 is 0 Å². The van der Waals surface area contributed by atoms with E-state index in [-0.39, 0.29) is 18.0 Å². The Morgan fingerprint density at radius 1 is 1.60 bits per heavy atom. The van der Waals surface area contributed by atoms with Crippen LogP contribution in [0.25, 0.3) is 0 Å². The summed E-state index contributed by atoms with van der Waals surface area (Å²) in [5.74, 6) is -0.132. The normalized spacial score (nSPS) is 21.6. The quantitative estimate of drug-likeness (QED) is 0.804. The number of nitrogens with zero attached hydrogens (tertiary/aromatic N) is 1. The third-order valence-corrected chi connectivity index (χ3v) is 3.07. The highest BCUT2D eigenvalue weighted by atomic mass is 19.1. The summed E-state index contributed by atoms with van der Waals surface area (Å²) in [7, 11) is 1.96. The van der Waals surface area contributed by atoms with Crippen molar-refractivity contribution in [1.29, 1.82) is 0 Å². The fourth-order valence-corrected chi connectivity index (χ4v) is 2.28. The Balaban J connectivity index is 2.25. The van der Waals surface area contributed by atoms with Crippen LogP contribution in [0, 0.1) is 5.82 Å². The second-order valence-corrected chi connectivity index (χ2v) is 4.29. The lowest BCUT2D eigenvalue weighted by Gasteiger charge is -2.23. The molecule has 0 spiro atoms. The van der Waals surface area contributed by atoms with Crippen molar-refractivity contribution in [2.75, 3.05) is 11.9 Å². The van der Waals surface area contributed by atoms with Gasteiger partial charge < -0.3 is 10.0 Å². The van der Waals surface area contributed by atoms with Crippen LogP contribution in [0.15, 0.2) is 18.2 Å². The van der Waals surface area contributed by atoms with Gasteiger partial charge in [-0.15, -0.1) is 0 Å². The van der Waals surface area contributed by atoms with Gasteiger partial charge in [0.25, 0.3) is 0 Å². The number of rotatable bonds is 2. The minimum Gasteiger partial charge on any atom is -0.393 e. The Labute approximate surface area is 89.3 Å². The van der Waals surface area contributed by atoms with E-state index in [2.05, 4.69) is 4.90 Å². The van der Waals surface area contributed by atoms with E-state index in [1.807, 2.05) is 13.1 Å². The molecule has 1 aromatic carbocycles. The zero-order chi connectivity index (χ0) is 11.0. The summed E-state index contributed by atoms with van der Waals surface area (Å²) in [6.45, 7) is 1.77. The average Bonchev–Trinajstić information content (AvgIpc) is 2.46. The van der Waals surface area contributed by atoms with Gasteiger partial charge in [-0.05, 0) is 31.9 Å². The Kier molecular flexibility index (Phi) is 2.65. The van der Waals surface area contributed by atoms with Crippen LogP contribution in [0.3, 0.4) is 0 Å². The van der Waals surface area contributed by atoms with Crippen molar-refractivity contribution in [3.63, 3.8) is 0 Å². The molecule has 2 rings (SSSR count). The fraction of sp³-hybridized carbons (Fsp3) is 0.500. The second-order valence-electron chi connectivity index (χ2n) is 4.29. The van der Waals surface area contributed by atoms with Gasteiger partial charge in [-0.1, -0.05) is 6.07 Å². The molecule has 1 N–H and O–H groups in total. The molecule has 1 heterocycles. The van der Waals surface area contributed by atoms with E-state index in [9.17, 15) is 9.50 Å². The standard InChI is InChI=1S/C12H16FNO/c1-8(15)6-9-7-10-11(13)4-3-5-12(10)14(9)2/h3-5,8-9,15H,6-7H2,1-2H3. The summed E-state index contributed by atoms with van der Waals surface area (Å²) in [6.07, 6.45) is 1.04. The molecule has 2 atom stereocenters. The maximum atomic E-state index is 13.5. The van der Waals surface area contributed by atoms with Gasteiger partial charge in [0.15, 0.2) is 0 Å². The Hall–Kier alpha value is -1.09. The molecule has 1 aromatic rings. The summed E-state index contributed by atoms with van der Waals surface area (Å²) in [6, 6.07) is 5.38. The number of aliphatic hydroxyl groups excluding tert-OH is 1. The number of benzene rings is 1. The summed E-state index contributed by atoms with van der Waals surface area (Å²) in [4.78, 5) is 2.06. The van der Waals surface area contributed by atoms with Gasteiger partial charge in [0.1, 0.15) is 5.82 Å². The number of anilines is 1. The molecular formula is C12H16FNO. The zero-order valence-electron chi connectivity index (χ0n) is 9.07. The minimum absolute atomic E-state index is 0.132. The van der Waals surface area contributed by atoms with Crippen LogP contribution in [0.4, 0.5) is 10.1 Å². The van der Waals surface area contributed by atoms with E-state index in [0.717, 1.165) is 11.3 Å². The zero-order valence-corrected chi connectivity index (χ0v) is 9.07. The van der Waals surface area contributed by atoms with Gasteiger partial charge in [-0.3, -0.25) is 0 Å². The number of hydrogen-bond donors (Lipinski definition) is 1. The summed E-state index contributed by atoms with van der Waals surface area (Å²) in [5.41, 5.74) is 1.74. The lowest BCUT2D eigenvalue weighted by molar-refractivity contribution is 0.175. The highest BCUT2D eigenvalue weighted by Gasteiger charge is 2.29. The van der Waals surface area contributed by atoms with Gasteiger partial charge in [0, 0.05) is 24.3 Å². The van der Waals surface area contributed by atoms with Crippen LogP contribution >= 0.6 is 0 Å². The highest BCUT2D eigenvalue weighted by molar-refractivity contribution is 5.59. The molecule has 1 aliphatic rings. The highest BCUT2D eigenvalue weighted by Crippen LogP contribution is 2.34. The first-order chi connectivity index (χ1) is 7.09. The Morgan fingerprint density at radius 3 is 2.93 bits per heavy atom. The van der Waals surface area contributed by atoms with Gasteiger partial charge in [-0.25, -0.2) is 4.39 Å². The predicted molar refractivity (Wildman–Crippen MR) is 58.6 cm³/mol. The lowest BCUT2D eigenvalue weighted by atomic mass is 10.0. The first kappa shape index (κ1) is 10.4. The van der Waals surface area contributed by atoms with Gasteiger partial charge in [0.2, 0.25) is 0 Å². The maximum absolute atomic E-state index is 13.5. The van der Waals surface area contributed by atoms with E-state index in [1.54, 1.807) is 13.0 Å². The van der Waals surface area contributed by atoms with Crippen LogP contribution in [-0.4, -0.2) is 24.3 Å². The molecule has 3 heteroatoms. The first-order valence-corrected chi connectivity index (χ1v) is 5.28. The fourth-order valence-electron chi connectivity index (χ4n) is 2.28. The predicted octanol–water partition coefficient (Wildman–Crippen LogP) is 1.96. The number of halogens is 1. The smallest absolute Gasteiger partial charge is 0.128 e.